The maximum Gasteiger partial charge on any atom is 0.238 e. The van der Waals surface area contributed by atoms with Crippen molar-refractivity contribution in [3.05, 3.63) is 100 Å². The van der Waals surface area contributed by atoms with Crippen LogP contribution < -0.4 is 4.74 Å². The van der Waals surface area contributed by atoms with E-state index < -0.39 is 5.72 Å². The molecule has 1 unspecified atom stereocenters. The summed E-state index contributed by atoms with van der Waals surface area (Å²) in [6.45, 7) is 0. The summed E-state index contributed by atoms with van der Waals surface area (Å²) in [6.07, 6.45) is 0. The van der Waals surface area contributed by atoms with Gasteiger partial charge in [-0.1, -0.05) is 72.8 Å². The van der Waals surface area contributed by atoms with Gasteiger partial charge in [0.15, 0.2) is 0 Å². The molecule has 1 heterocycles. The normalized spacial score (nSPS) is 18.1. The molecule has 1 aliphatic heterocycles. The molecule has 3 aromatic rings. The number of benzene rings is 3. The topological polar surface area (TPSA) is 58.0 Å². The molecule has 0 amide bonds. The second-order valence-corrected chi connectivity index (χ2v) is 5.34. The average Bonchev–Trinajstić information content (AvgIpc) is 2.63. The van der Waals surface area contributed by atoms with E-state index in [0.29, 0.717) is 5.75 Å². The van der Waals surface area contributed by atoms with Crippen LogP contribution in [0, 0.1) is 0 Å². The van der Waals surface area contributed by atoms with Crippen LogP contribution in [0.25, 0.3) is 21.6 Å². The van der Waals surface area contributed by atoms with E-state index in [1.807, 2.05) is 78.9 Å². The fourth-order valence-electron chi connectivity index (χ4n) is 3.08. The van der Waals surface area contributed by atoms with Gasteiger partial charge in [0.2, 0.25) is 5.72 Å². The lowest BCUT2D eigenvalue weighted by molar-refractivity contribution is 0.115. The standard InChI is InChI=1S/C19H13N3O/c20-22-21-19(14-8-2-1-3-9-14)17-12-6-4-10-15(17)16-11-5-7-13-18(16)23-19/h1-13H. The molecule has 4 rings (SSSR count). The van der Waals surface area contributed by atoms with E-state index in [-0.39, 0.29) is 0 Å². The lowest BCUT2D eigenvalue weighted by atomic mass is 9.85. The number of fused-ring (bicyclic) bond motifs is 3. The third kappa shape index (κ3) is 1.97. The molecule has 1 aliphatic rings. The van der Waals surface area contributed by atoms with Crippen LogP contribution in [0.2, 0.25) is 0 Å². The Morgan fingerprint density at radius 1 is 0.783 bits per heavy atom. The Kier molecular flexibility index (Phi) is 3.04. The third-order valence-electron chi connectivity index (χ3n) is 4.08. The Labute approximate surface area is 133 Å². The van der Waals surface area contributed by atoms with E-state index in [4.69, 9.17) is 4.74 Å². The van der Waals surface area contributed by atoms with Gasteiger partial charge in [-0.25, -0.2) is 0 Å². The van der Waals surface area contributed by atoms with Crippen LogP contribution in [-0.2, 0) is 5.72 Å². The van der Waals surface area contributed by atoms with E-state index in [0.717, 1.165) is 22.3 Å². The maximum absolute atomic E-state index is 9.20. The summed E-state index contributed by atoms with van der Waals surface area (Å²) < 4.78 is 6.25. The lowest BCUT2D eigenvalue weighted by Crippen LogP contribution is -2.35. The molecule has 4 nitrogen and oxygen atoms in total. The van der Waals surface area contributed by atoms with Crippen molar-refractivity contribution in [2.45, 2.75) is 5.72 Å². The minimum Gasteiger partial charge on any atom is -0.471 e. The van der Waals surface area contributed by atoms with Crippen molar-refractivity contribution in [3.63, 3.8) is 0 Å². The second kappa shape index (κ2) is 5.20. The molecule has 110 valence electrons. The van der Waals surface area contributed by atoms with Gasteiger partial charge in [0.05, 0.1) is 0 Å². The summed E-state index contributed by atoms with van der Waals surface area (Å²) in [5, 5.41) is 4.08. The van der Waals surface area contributed by atoms with Crippen LogP contribution in [0.5, 0.6) is 5.75 Å². The van der Waals surface area contributed by atoms with Gasteiger partial charge < -0.3 is 4.74 Å². The number of rotatable bonds is 2. The highest BCUT2D eigenvalue weighted by Gasteiger charge is 2.41. The summed E-state index contributed by atoms with van der Waals surface area (Å²) in [6, 6.07) is 25.3. The van der Waals surface area contributed by atoms with Crippen LogP contribution in [0.3, 0.4) is 0 Å². The van der Waals surface area contributed by atoms with Gasteiger partial charge in [0, 0.05) is 21.6 Å². The zero-order valence-electron chi connectivity index (χ0n) is 12.3. The van der Waals surface area contributed by atoms with Gasteiger partial charge >= 0.3 is 0 Å². The highest BCUT2D eigenvalue weighted by atomic mass is 16.5. The molecular weight excluding hydrogens is 286 g/mol. The first kappa shape index (κ1) is 13.4. The largest absolute Gasteiger partial charge is 0.471 e. The molecule has 0 bridgehead atoms. The Hall–Kier alpha value is -3.23. The van der Waals surface area contributed by atoms with E-state index in [9.17, 15) is 5.53 Å². The minimum atomic E-state index is -1.19. The third-order valence-corrected chi connectivity index (χ3v) is 4.08. The molecule has 1 atom stereocenters. The van der Waals surface area contributed by atoms with Crippen LogP contribution >= 0.6 is 0 Å². The summed E-state index contributed by atoms with van der Waals surface area (Å²) in [5.74, 6) is 0.711. The molecule has 0 spiro atoms. The number of hydrogen-bond donors (Lipinski definition) is 0. The first-order valence-corrected chi connectivity index (χ1v) is 7.35. The Bertz CT molecular complexity index is 917. The van der Waals surface area contributed by atoms with E-state index >= 15 is 0 Å². The highest BCUT2D eigenvalue weighted by molar-refractivity contribution is 5.77. The number of para-hydroxylation sites is 1. The SMILES string of the molecule is [N-]=[N+]=NC1(c2ccccc2)Oc2ccccc2-c2ccccc21. The van der Waals surface area contributed by atoms with Crippen molar-refractivity contribution in [3.8, 4) is 16.9 Å². The molecule has 0 N–H and O–H groups in total. The number of ether oxygens (including phenoxy) is 1. The summed E-state index contributed by atoms with van der Waals surface area (Å²) in [5.41, 5.74) is 11.7. The van der Waals surface area contributed by atoms with Crippen molar-refractivity contribution >= 4 is 0 Å². The number of nitrogens with zero attached hydrogens (tertiary/aromatic N) is 3. The maximum atomic E-state index is 9.20. The highest BCUT2D eigenvalue weighted by Crippen LogP contribution is 2.48. The van der Waals surface area contributed by atoms with Gasteiger partial charge in [0.1, 0.15) is 5.75 Å². The van der Waals surface area contributed by atoms with Crippen LogP contribution in [-0.4, -0.2) is 0 Å². The first-order chi connectivity index (χ1) is 11.3. The summed E-state index contributed by atoms with van der Waals surface area (Å²) in [4.78, 5) is 3.08. The molecule has 0 saturated heterocycles. The molecule has 0 radical (unpaired) electrons. The molecule has 0 fully saturated rings. The first-order valence-electron chi connectivity index (χ1n) is 7.35. The average molecular weight is 299 g/mol. The Morgan fingerprint density at radius 3 is 2.22 bits per heavy atom. The number of azide groups is 1. The van der Waals surface area contributed by atoms with Crippen molar-refractivity contribution in [2.24, 2.45) is 5.11 Å². The fraction of sp³-hybridized carbons (Fsp3) is 0.0526. The van der Waals surface area contributed by atoms with Gasteiger partial charge in [-0.2, -0.15) is 0 Å². The van der Waals surface area contributed by atoms with Gasteiger partial charge in [-0.15, -0.1) is 0 Å². The van der Waals surface area contributed by atoms with Gasteiger partial charge in [0.25, 0.3) is 0 Å². The zero-order valence-corrected chi connectivity index (χ0v) is 12.3. The Morgan fingerprint density at radius 2 is 1.43 bits per heavy atom. The molecule has 23 heavy (non-hydrogen) atoms. The molecule has 0 aromatic heterocycles. The zero-order chi connectivity index (χ0) is 15.7. The quantitative estimate of drug-likeness (QED) is 0.362. The van der Waals surface area contributed by atoms with Gasteiger partial charge in [-0.3, -0.25) is 0 Å². The molecular formula is C19H13N3O. The predicted molar refractivity (Wildman–Crippen MR) is 88.9 cm³/mol. The smallest absolute Gasteiger partial charge is 0.238 e. The van der Waals surface area contributed by atoms with Crippen molar-refractivity contribution < 1.29 is 4.74 Å². The van der Waals surface area contributed by atoms with Gasteiger partial charge in [-0.05, 0) is 22.3 Å². The van der Waals surface area contributed by atoms with Crippen LogP contribution in [0.1, 0.15) is 11.1 Å². The molecule has 0 aliphatic carbocycles. The fourth-order valence-corrected chi connectivity index (χ4v) is 3.08. The summed E-state index contributed by atoms with van der Waals surface area (Å²) in [7, 11) is 0. The van der Waals surface area contributed by atoms with E-state index in [2.05, 4.69) is 10.0 Å². The van der Waals surface area contributed by atoms with Crippen LogP contribution in [0.15, 0.2) is 84.0 Å². The summed E-state index contributed by atoms with van der Waals surface area (Å²) >= 11 is 0. The monoisotopic (exact) mass is 299 g/mol. The second-order valence-electron chi connectivity index (χ2n) is 5.34. The lowest BCUT2D eigenvalue weighted by Gasteiger charge is -2.37. The number of hydrogen-bond acceptors (Lipinski definition) is 2. The van der Waals surface area contributed by atoms with Crippen molar-refractivity contribution in [2.75, 3.05) is 0 Å². The van der Waals surface area contributed by atoms with Crippen LogP contribution in [0.4, 0.5) is 0 Å². The Balaban J connectivity index is 2.08. The van der Waals surface area contributed by atoms with E-state index in [1.54, 1.807) is 0 Å². The van der Waals surface area contributed by atoms with E-state index in [1.165, 1.54) is 0 Å². The molecule has 4 heteroatoms. The molecule has 0 saturated carbocycles. The van der Waals surface area contributed by atoms with Crippen molar-refractivity contribution in [1.82, 2.24) is 0 Å². The predicted octanol–water partition coefficient (Wildman–Crippen LogP) is 5.26. The van der Waals surface area contributed by atoms with Crippen molar-refractivity contribution in [1.29, 1.82) is 0 Å². The molecule has 3 aromatic carbocycles. The minimum absolute atomic E-state index is 0.711.